The molecule has 0 atom stereocenters. The molecule has 3 aliphatic rings. The van der Waals surface area contributed by atoms with E-state index in [1.165, 1.54) is 40.6 Å². The topological polar surface area (TPSA) is 82.6 Å². The number of allylic oxidation sites excluding steroid dienone is 4. The SMILES string of the molecule is CCC1=C(C)/C2=C/c3[nH]c(cc3C)CC3=NC(=Cc4[nH]c(c(CC)c4C)CC1=N2)C(C)=C3CCC(=O)OC. The van der Waals surface area contributed by atoms with Gasteiger partial charge in [0.25, 0.3) is 0 Å². The molecule has 198 valence electrons. The first-order valence-corrected chi connectivity index (χ1v) is 13.7. The number of aromatic nitrogens is 2. The van der Waals surface area contributed by atoms with Crippen LogP contribution in [-0.2, 0) is 28.8 Å². The van der Waals surface area contributed by atoms with Gasteiger partial charge in [0.15, 0.2) is 0 Å². The zero-order chi connectivity index (χ0) is 27.1. The van der Waals surface area contributed by atoms with Gasteiger partial charge in [0.1, 0.15) is 0 Å². The molecule has 0 aromatic carbocycles. The number of aliphatic imine (C=N–C) groups is 2. The predicted octanol–water partition coefficient (Wildman–Crippen LogP) is 6.91. The number of hydrogen-bond acceptors (Lipinski definition) is 4. The summed E-state index contributed by atoms with van der Waals surface area (Å²) >= 11 is 0. The maximum Gasteiger partial charge on any atom is 0.305 e. The molecular weight excluding hydrogens is 472 g/mol. The van der Waals surface area contributed by atoms with Gasteiger partial charge in [0.05, 0.1) is 29.9 Å². The van der Waals surface area contributed by atoms with Crippen LogP contribution in [0.3, 0.4) is 0 Å². The van der Waals surface area contributed by atoms with Gasteiger partial charge in [-0.15, -0.1) is 0 Å². The third-order valence-corrected chi connectivity index (χ3v) is 8.28. The van der Waals surface area contributed by atoms with E-state index in [4.69, 9.17) is 14.7 Å². The van der Waals surface area contributed by atoms with Crippen molar-refractivity contribution in [3.05, 3.63) is 79.2 Å². The average Bonchev–Trinajstić information content (AvgIpc) is 3.57. The van der Waals surface area contributed by atoms with Gasteiger partial charge in [0.2, 0.25) is 0 Å². The lowest BCUT2D eigenvalue weighted by molar-refractivity contribution is -0.140. The summed E-state index contributed by atoms with van der Waals surface area (Å²) < 4.78 is 4.93. The predicted molar refractivity (Wildman–Crippen MR) is 156 cm³/mol. The number of hydrogen-bond donors (Lipinski definition) is 2. The molecule has 0 unspecified atom stereocenters. The number of nitrogens with one attached hydrogen (secondary N) is 2. The van der Waals surface area contributed by atoms with Gasteiger partial charge in [-0.3, -0.25) is 14.8 Å². The Morgan fingerprint density at radius 1 is 0.895 bits per heavy atom. The third kappa shape index (κ3) is 4.57. The lowest BCUT2D eigenvalue weighted by Crippen LogP contribution is -2.08. The number of rotatable bonds is 5. The van der Waals surface area contributed by atoms with E-state index in [2.05, 4.69) is 69.7 Å². The van der Waals surface area contributed by atoms with Crippen LogP contribution >= 0.6 is 0 Å². The van der Waals surface area contributed by atoms with Gasteiger partial charge in [0, 0.05) is 42.0 Å². The normalized spacial score (nSPS) is 18.4. The highest BCUT2D eigenvalue weighted by Crippen LogP contribution is 2.35. The zero-order valence-electron chi connectivity index (χ0n) is 23.7. The molecule has 0 saturated heterocycles. The molecule has 3 aliphatic heterocycles. The van der Waals surface area contributed by atoms with E-state index in [1.807, 2.05) is 0 Å². The molecule has 8 bridgehead atoms. The van der Waals surface area contributed by atoms with Crippen LogP contribution in [0, 0.1) is 13.8 Å². The number of aromatic amines is 2. The van der Waals surface area contributed by atoms with Crippen molar-refractivity contribution in [1.29, 1.82) is 0 Å². The fourth-order valence-electron chi connectivity index (χ4n) is 6.05. The van der Waals surface area contributed by atoms with Crippen molar-refractivity contribution in [3.8, 4) is 0 Å². The van der Waals surface area contributed by atoms with E-state index in [1.54, 1.807) is 0 Å². The molecule has 6 nitrogen and oxygen atoms in total. The van der Waals surface area contributed by atoms with Crippen molar-refractivity contribution in [2.45, 2.75) is 80.1 Å². The van der Waals surface area contributed by atoms with Crippen molar-refractivity contribution in [2.75, 3.05) is 7.11 Å². The minimum absolute atomic E-state index is 0.200. The summed E-state index contributed by atoms with van der Waals surface area (Å²) in [5.41, 5.74) is 17.4. The zero-order valence-corrected chi connectivity index (χ0v) is 23.7. The number of esters is 1. The molecule has 5 heterocycles. The Morgan fingerprint density at radius 2 is 1.55 bits per heavy atom. The molecule has 2 aromatic rings. The van der Waals surface area contributed by atoms with E-state index in [9.17, 15) is 4.79 Å². The molecular formula is C32H38N4O2. The van der Waals surface area contributed by atoms with Gasteiger partial charge in [-0.25, -0.2) is 0 Å². The van der Waals surface area contributed by atoms with Crippen LogP contribution < -0.4 is 0 Å². The highest BCUT2D eigenvalue weighted by Gasteiger charge is 2.26. The molecule has 38 heavy (non-hydrogen) atoms. The first kappa shape index (κ1) is 26.0. The summed E-state index contributed by atoms with van der Waals surface area (Å²) in [6.07, 6.45) is 8.70. The summed E-state index contributed by atoms with van der Waals surface area (Å²) in [5, 5.41) is 0. The first-order chi connectivity index (χ1) is 18.2. The van der Waals surface area contributed by atoms with Crippen LogP contribution in [0.15, 0.2) is 49.7 Å². The first-order valence-electron chi connectivity index (χ1n) is 13.7. The number of aryl methyl sites for hydroxylation is 1. The fourth-order valence-corrected chi connectivity index (χ4v) is 6.05. The standard InChI is InChI=1S/C32H38N4O2/c1-8-22-18(4)26-14-25-17(3)12-21(33-25)13-29-24(10-11-32(37)38-7)20(6)28(34-29)15-27-19(5)23(9-2)31(36-27)16-30(22)35-26/h12,14-15,33,36H,8-11,13,16H2,1-7H3/b26-14-,28-15?. The highest BCUT2D eigenvalue weighted by atomic mass is 16.5. The van der Waals surface area contributed by atoms with Gasteiger partial charge >= 0.3 is 5.97 Å². The molecule has 0 radical (unpaired) electrons. The van der Waals surface area contributed by atoms with Crippen molar-refractivity contribution in [3.63, 3.8) is 0 Å². The number of carbonyl (C=O) groups is 1. The summed E-state index contributed by atoms with van der Waals surface area (Å²) in [4.78, 5) is 29.6. The average molecular weight is 511 g/mol. The van der Waals surface area contributed by atoms with E-state index in [0.717, 1.165) is 70.3 Å². The van der Waals surface area contributed by atoms with Crippen molar-refractivity contribution in [1.82, 2.24) is 9.97 Å². The van der Waals surface area contributed by atoms with Gasteiger partial charge < -0.3 is 14.7 Å². The molecule has 2 N–H and O–H groups in total. The maximum absolute atomic E-state index is 12.0. The Morgan fingerprint density at radius 3 is 2.21 bits per heavy atom. The molecule has 0 aliphatic carbocycles. The Kier molecular flexibility index (Phi) is 6.99. The summed E-state index contributed by atoms with van der Waals surface area (Å²) in [5.74, 6) is -0.200. The second-order valence-corrected chi connectivity index (χ2v) is 10.5. The van der Waals surface area contributed by atoms with Crippen LogP contribution in [0.5, 0.6) is 0 Å². The number of methoxy groups -OCH3 is 1. The Bertz CT molecular complexity index is 1510. The lowest BCUT2D eigenvalue weighted by atomic mass is 9.97. The fraction of sp³-hybridized carbons (Fsp3) is 0.406. The monoisotopic (exact) mass is 510 g/mol. The minimum atomic E-state index is -0.200. The van der Waals surface area contributed by atoms with Crippen molar-refractivity contribution in [2.24, 2.45) is 9.98 Å². The summed E-state index contributed by atoms with van der Waals surface area (Å²) in [7, 11) is 1.44. The Balaban J connectivity index is 1.68. The van der Waals surface area contributed by atoms with Crippen LogP contribution in [-0.4, -0.2) is 34.5 Å². The van der Waals surface area contributed by atoms with Crippen LogP contribution in [0.2, 0.25) is 0 Å². The minimum Gasteiger partial charge on any atom is -0.469 e. The molecule has 6 heteroatoms. The maximum atomic E-state index is 12.0. The summed E-state index contributed by atoms with van der Waals surface area (Å²) in [6.45, 7) is 13.1. The number of fused-ring (bicyclic) bond motifs is 6. The molecule has 0 saturated carbocycles. The Labute approximate surface area is 225 Å². The van der Waals surface area contributed by atoms with Gasteiger partial charge in [-0.05, 0) is 104 Å². The number of nitrogens with zero attached hydrogens (tertiary/aromatic N) is 2. The summed E-state index contributed by atoms with van der Waals surface area (Å²) in [6, 6.07) is 2.20. The second-order valence-electron chi connectivity index (χ2n) is 10.5. The second kappa shape index (κ2) is 10.2. The van der Waals surface area contributed by atoms with E-state index < -0.39 is 0 Å². The van der Waals surface area contributed by atoms with Gasteiger partial charge in [-0.1, -0.05) is 13.8 Å². The quantitative estimate of drug-likeness (QED) is 0.429. The lowest BCUT2D eigenvalue weighted by Gasteiger charge is -2.07. The number of carbonyl (C=O) groups excluding carboxylic acids is 1. The third-order valence-electron chi connectivity index (χ3n) is 8.28. The van der Waals surface area contributed by atoms with Crippen LogP contribution in [0.4, 0.5) is 0 Å². The number of H-pyrrole nitrogens is 2. The van der Waals surface area contributed by atoms with E-state index >= 15 is 0 Å². The Hall–Kier alpha value is -3.67. The van der Waals surface area contributed by atoms with E-state index in [0.29, 0.717) is 19.3 Å². The van der Waals surface area contributed by atoms with Crippen LogP contribution in [0.25, 0.3) is 12.2 Å². The largest absolute Gasteiger partial charge is 0.469 e. The van der Waals surface area contributed by atoms with Crippen molar-refractivity contribution >= 4 is 29.5 Å². The molecule has 5 rings (SSSR count). The smallest absolute Gasteiger partial charge is 0.305 e. The van der Waals surface area contributed by atoms with Crippen LogP contribution in [0.1, 0.15) is 86.4 Å². The molecule has 0 fully saturated rings. The van der Waals surface area contributed by atoms with Gasteiger partial charge in [-0.2, -0.15) is 0 Å². The highest BCUT2D eigenvalue weighted by molar-refractivity contribution is 6.07. The molecule has 0 amide bonds. The van der Waals surface area contributed by atoms with Crippen molar-refractivity contribution < 1.29 is 9.53 Å². The number of ether oxygens (including phenoxy) is 1. The van der Waals surface area contributed by atoms with E-state index in [-0.39, 0.29) is 5.97 Å². The molecule has 0 spiro atoms. The molecule has 2 aromatic heterocycles.